The van der Waals surface area contributed by atoms with Crippen molar-refractivity contribution in [2.45, 2.75) is 27.4 Å². The number of hydroxylamine groups is 2. The first-order chi connectivity index (χ1) is 10.1. The second kappa shape index (κ2) is 7.34. The zero-order valence-electron chi connectivity index (χ0n) is 12.9. The van der Waals surface area contributed by atoms with Crippen molar-refractivity contribution in [1.82, 2.24) is 5.06 Å². The molecule has 0 saturated carbocycles. The third-order valence-electron chi connectivity index (χ3n) is 3.55. The quantitative estimate of drug-likeness (QED) is 0.721. The predicted octanol–water partition coefficient (Wildman–Crippen LogP) is 4.57. The summed E-state index contributed by atoms with van der Waals surface area (Å²) in [4.78, 5) is 5.74. The highest BCUT2D eigenvalue weighted by Crippen LogP contribution is 2.25. The largest absolute Gasteiger partial charge is 0.294 e. The summed E-state index contributed by atoms with van der Waals surface area (Å²) in [6.45, 7) is 8.36. The van der Waals surface area contributed by atoms with Crippen LogP contribution in [0.25, 0.3) is 11.1 Å². The third-order valence-corrected chi connectivity index (χ3v) is 3.55. The third kappa shape index (κ3) is 4.13. The molecule has 2 aromatic rings. The number of aryl methyl sites for hydroxylation is 1. The topological polar surface area (TPSA) is 12.5 Å². The van der Waals surface area contributed by atoms with Crippen molar-refractivity contribution in [3.05, 3.63) is 59.4 Å². The van der Waals surface area contributed by atoms with Crippen LogP contribution in [0.4, 0.5) is 4.39 Å². The molecule has 2 aromatic carbocycles. The van der Waals surface area contributed by atoms with Crippen LogP contribution in [-0.2, 0) is 11.4 Å². The molecule has 0 radical (unpaired) electrons. The minimum absolute atomic E-state index is 0.197. The summed E-state index contributed by atoms with van der Waals surface area (Å²) in [6, 6.07) is 13.1. The van der Waals surface area contributed by atoms with E-state index in [1.165, 1.54) is 6.07 Å². The number of hydrogen-bond acceptors (Lipinski definition) is 2. The summed E-state index contributed by atoms with van der Waals surface area (Å²) >= 11 is 0. The monoisotopic (exact) mass is 287 g/mol. The van der Waals surface area contributed by atoms with Gasteiger partial charge in [-0.25, -0.2) is 4.39 Å². The zero-order chi connectivity index (χ0) is 15.2. The van der Waals surface area contributed by atoms with Crippen molar-refractivity contribution in [2.75, 3.05) is 13.1 Å². The van der Waals surface area contributed by atoms with Crippen molar-refractivity contribution in [3.63, 3.8) is 0 Å². The van der Waals surface area contributed by atoms with E-state index in [2.05, 4.69) is 19.9 Å². The Balaban J connectivity index is 2.17. The van der Waals surface area contributed by atoms with Crippen molar-refractivity contribution in [3.8, 4) is 11.1 Å². The minimum atomic E-state index is -0.197. The van der Waals surface area contributed by atoms with Gasteiger partial charge in [0, 0.05) is 13.1 Å². The van der Waals surface area contributed by atoms with Crippen LogP contribution in [0, 0.1) is 12.7 Å². The van der Waals surface area contributed by atoms with Gasteiger partial charge in [0.2, 0.25) is 0 Å². The van der Waals surface area contributed by atoms with E-state index in [4.69, 9.17) is 4.84 Å². The van der Waals surface area contributed by atoms with Crippen LogP contribution in [0.2, 0.25) is 0 Å². The van der Waals surface area contributed by atoms with E-state index in [9.17, 15) is 4.39 Å². The molecule has 0 atom stereocenters. The molecule has 0 aromatic heterocycles. The van der Waals surface area contributed by atoms with Crippen molar-refractivity contribution >= 4 is 0 Å². The molecule has 112 valence electrons. The summed E-state index contributed by atoms with van der Waals surface area (Å²) in [5.41, 5.74) is 4.20. The van der Waals surface area contributed by atoms with Gasteiger partial charge in [0.15, 0.2) is 0 Å². The molecule has 0 unspecified atom stereocenters. The summed E-state index contributed by atoms with van der Waals surface area (Å²) in [5, 5.41) is 1.93. The van der Waals surface area contributed by atoms with Gasteiger partial charge in [0.05, 0.1) is 6.61 Å². The fourth-order valence-corrected chi connectivity index (χ4v) is 2.35. The van der Waals surface area contributed by atoms with Gasteiger partial charge in [0.25, 0.3) is 0 Å². The van der Waals surface area contributed by atoms with E-state index in [0.29, 0.717) is 6.61 Å². The smallest absolute Gasteiger partial charge is 0.123 e. The number of benzene rings is 2. The van der Waals surface area contributed by atoms with Gasteiger partial charge >= 0.3 is 0 Å². The molecule has 0 aliphatic rings. The Labute approximate surface area is 126 Å². The molecule has 0 N–H and O–H groups in total. The van der Waals surface area contributed by atoms with Crippen molar-refractivity contribution < 1.29 is 9.23 Å². The average molecular weight is 287 g/mol. The number of rotatable bonds is 6. The fraction of sp³-hybridized carbons (Fsp3) is 0.333. The van der Waals surface area contributed by atoms with E-state index >= 15 is 0 Å². The Kier molecular flexibility index (Phi) is 5.48. The van der Waals surface area contributed by atoms with Gasteiger partial charge < -0.3 is 0 Å². The van der Waals surface area contributed by atoms with Crippen LogP contribution in [0.15, 0.2) is 42.5 Å². The lowest BCUT2D eigenvalue weighted by Gasteiger charge is -2.18. The Bertz CT molecular complexity index is 594. The van der Waals surface area contributed by atoms with Gasteiger partial charge in [-0.2, -0.15) is 5.06 Å². The van der Waals surface area contributed by atoms with Gasteiger partial charge in [-0.1, -0.05) is 38.1 Å². The molecule has 21 heavy (non-hydrogen) atoms. The first-order valence-corrected chi connectivity index (χ1v) is 7.37. The Morgan fingerprint density at radius 2 is 1.81 bits per heavy atom. The van der Waals surface area contributed by atoms with E-state index in [1.54, 1.807) is 6.07 Å². The van der Waals surface area contributed by atoms with Crippen LogP contribution < -0.4 is 0 Å². The van der Waals surface area contributed by atoms with E-state index in [0.717, 1.165) is 35.3 Å². The standard InChI is InChI=1S/C18H22FNO/c1-4-20(5-2)21-13-15-7-6-8-16(12-15)18-10-9-17(19)11-14(18)3/h6-12H,4-5,13H2,1-3H3. The summed E-state index contributed by atoms with van der Waals surface area (Å²) in [7, 11) is 0. The van der Waals surface area contributed by atoms with Crippen LogP contribution in [0.1, 0.15) is 25.0 Å². The summed E-state index contributed by atoms with van der Waals surface area (Å²) in [6.07, 6.45) is 0. The van der Waals surface area contributed by atoms with E-state index in [-0.39, 0.29) is 5.82 Å². The molecule has 0 fully saturated rings. The van der Waals surface area contributed by atoms with Crippen LogP contribution in [0.3, 0.4) is 0 Å². The molecule has 0 amide bonds. The molecule has 2 rings (SSSR count). The van der Waals surface area contributed by atoms with Gasteiger partial charge in [-0.3, -0.25) is 4.84 Å². The van der Waals surface area contributed by atoms with E-state index in [1.807, 2.05) is 36.3 Å². The molecule has 3 heteroatoms. The number of hydrogen-bond donors (Lipinski definition) is 0. The minimum Gasteiger partial charge on any atom is -0.294 e. The molecular formula is C18H22FNO. The first-order valence-electron chi connectivity index (χ1n) is 7.37. The molecular weight excluding hydrogens is 265 g/mol. The van der Waals surface area contributed by atoms with Gasteiger partial charge in [-0.15, -0.1) is 0 Å². The SMILES string of the molecule is CCN(CC)OCc1cccc(-c2ccc(F)cc2C)c1. The Morgan fingerprint density at radius 3 is 2.48 bits per heavy atom. The molecule has 0 heterocycles. The molecule has 0 aliphatic heterocycles. The highest BCUT2D eigenvalue weighted by Gasteiger charge is 2.05. The maximum absolute atomic E-state index is 13.2. The fourth-order valence-electron chi connectivity index (χ4n) is 2.35. The Hall–Kier alpha value is -1.71. The Morgan fingerprint density at radius 1 is 1.05 bits per heavy atom. The van der Waals surface area contributed by atoms with Crippen LogP contribution >= 0.6 is 0 Å². The highest BCUT2D eigenvalue weighted by atomic mass is 19.1. The maximum atomic E-state index is 13.2. The lowest BCUT2D eigenvalue weighted by Crippen LogP contribution is -2.22. The van der Waals surface area contributed by atoms with Crippen molar-refractivity contribution in [2.24, 2.45) is 0 Å². The predicted molar refractivity (Wildman–Crippen MR) is 84.3 cm³/mol. The van der Waals surface area contributed by atoms with Crippen LogP contribution in [0.5, 0.6) is 0 Å². The summed E-state index contributed by atoms with van der Waals surface area (Å²) in [5.74, 6) is -0.197. The molecule has 0 saturated heterocycles. The molecule has 0 spiro atoms. The lowest BCUT2D eigenvalue weighted by molar-refractivity contribution is -0.163. The summed E-state index contributed by atoms with van der Waals surface area (Å²) < 4.78 is 13.2. The van der Waals surface area contributed by atoms with Gasteiger partial charge in [0.1, 0.15) is 5.82 Å². The second-order valence-electron chi connectivity index (χ2n) is 5.05. The number of halogens is 1. The van der Waals surface area contributed by atoms with E-state index < -0.39 is 0 Å². The second-order valence-corrected chi connectivity index (χ2v) is 5.05. The highest BCUT2D eigenvalue weighted by molar-refractivity contribution is 5.67. The van der Waals surface area contributed by atoms with Crippen molar-refractivity contribution in [1.29, 1.82) is 0 Å². The normalized spacial score (nSPS) is 11.1. The first kappa shape index (κ1) is 15.7. The average Bonchev–Trinajstić information content (AvgIpc) is 2.48. The van der Waals surface area contributed by atoms with Crippen LogP contribution in [-0.4, -0.2) is 18.2 Å². The van der Waals surface area contributed by atoms with Gasteiger partial charge in [-0.05, 0) is 47.4 Å². The number of nitrogens with zero attached hydrogens (tertiary/aromatic N) is 1. The lowest BCUT2D eigenvalue weighted by atomic mass is 9.99. The molecule has 2 nitrogen and oxygen atoms in total. The maximum Gasteiger partial charge on any atom is 0.123 e. The zero-order valence-corrected chi connectivity index (χ0v) is 12.9. The molecule has 0 aliphatic carbocycles. The molecule has 0 bridgehead atoms.